The Morgan fingerprint density at radius 2 is 0.833 bits per heavy atom. The first-order valence-corrected chi connectivity index (χ1v) is 30.7. The highest BCUT2D eigenvalue weighted by Crippen LogP contribution is 2.32. The third-order valence-corrected chi connectivity index (χ3v) is 14.2. The third-order valence-electron chi connectivity index (χ3n) is 14.2. The first-order chi connectivity index (χ1) is 43.7. The van der Waals surface area contributed by atoms with Crippen molar-refractivity contribution in [1.82, 2.24) is 0 Å². The van der Waals surface area contributed by atoms with E-state index >= 15 is 0 Å². The monoisotopic (exact) mass is 1230 g/mol. The fourth-order valence-electron chi connectivity index (χ4n) is 9.14. The van der Waals surface area contributed by atoms with Crippen LogP contribution in [0.15, 0.2) is 184 Å². The number of nitrogens with zero attached hydrogens (tertiary/aromatic N) is 1. The summed E-state index contributed by atoms with van der Waals surface area (Å²) in [6.45, 7) is 14.8. The Bertz CT molecular complexity index is 3230. The molecule has 474 valence electrons. The summed E-state index contributed by atoms with van der Waals surface area (Å²) >= 11 is 0. The van der Waals surface area contributed by atoms with E-state index in [1.54, 1.807) is 85.8 Å². The SMILES string of the molecule is C=CC(=O)OCCCCCCOc1ccc(-c2ccc(C#N)cc2)cc1.C=CC(=O)OCCCCCCOc1ccc(C(=O)Oc2ccc(OC(=O)c3ccc(OCCCCCCOC(=O)C=C)cc3)c(C)c2)cc1.O=C(c1ccccc1)C1(O)CCCCC1. The third kappa shape index (κ3) is 26.8. The van der Waals surface area contributed by atoms with E-state index in [4.69, 9.17) is 43.2 Å². The van der Waals surface area contributed by atoms with E-state index in [1.807, 2.05) is 66.7 Å². The number of nitriles is 1. The zero-order chi connectivity index (χ0) is 64.6. The second kappa shape index (κ2) is 40.8. The molecule has 90 heavy (non-hydrogen) atoms. The van der Waals surface area contributed by atoms with Gasteiger partial charge in [0.1, 0.15) is 34.3 Å². The van der Waals surface area contributed by atoms with Gasteiger partial charge in [0.25, 0.3) is 0 Å². The molecule has 0 bridgehead atoms. The first-order valence-electron chi connectivity index (χ1n) is 30.7. The summed E-state index contributed by atoms with van der Waals surface area (Å²) in [6, 6.07) is 44.9. The number of rotatable bonds is 34. The van der Waals surface area contributed by atoms with Crippen LogP contribution >= 0.6 is 0 Å². The number of hydrogen-bond acceptors (Lipinski definition) is 16. The van der Waals surface area contributed by atoms with E-state index in [0.29, 0.717) is 103 Å². The van der Waals surface area contributed by atoms with E-state index in [2.05, 4.69) is 25.8 Å². The highest BCUT2D eigenvalue weighted by Gasteiger charge is 2.37. The van der Waals surface area contributed by atoms with E-state index < -0.39 is 29.5 Å². The second-order valence-electron chi connectivity index (χ2n) is 21.2. The van der Waals surface area contributed by atoms with Crippen LogP contribution in [0.5, 0.6) is 28.7 Å². The molecule has 0 saturated heterocycles. The number of carbonyl (C=O) groups is 6. The van der Waals surface area contributed by atoms with Gasteiger partial charge in [0.15, 0.2) is 5.78 Å². The van der Waals surface area contributed by atoms with Crippen LogP contribution in [0.2, 0.25) is 0 Å². The molecule has 1 aliphatic rings. The molecule has 6 aromatic carbocycles. The smallest absolute Gasteiger partial charge is 0.343 e. The average molecular weight is 1230 g/mol. The number of benzene rings is 6. The average Bonchev–Trinajstić information content (AvgIpc) is 1.22. The topological polar surface area (TPSA) is 220 Å². The molecular weight excluding hydrogens is 1140 g/mol. The minimum atomic E-state index is -1.10. The number of ketones is 1. The predicted octanol–water partition coefficient (Wildman–Crippen LogP) is 15.2. The van der Waals surface area contributed by atoms with Crippen molar-refractivity contribution in [3.8, 4) is 45.9 Å². The van der Waals surface area contributed by atoms with Crippen LogP contribution in [0.3, 0.4) is 0 Å². The molecule has 1 fully saturated rings. The number of carbonyl (C=O) groups excluding carboxylic acids is 6. The van der Waals surface area contributed by atoms with E-state index in [0.717, 1.165) is 125 Å². The molecule has 16 heteroatoms. The summed E-state index contributed by atoms with van der Waals surface area (Å²) in [4.78, 5) is 70.4. The van der Waals surface area contributed by atoms with Gasteiger partial charge < -0.3 is 43.0 Å². The zero-order valence-corrected chi connectivity index (χ0v) is 51.6. The highest BCUT2D eigenvalue weighted by molar-refractivity contribution is 6.02. The Morgan fingerprint density at radius 3 is 1.23 bits per heavy atom. The lowest BCUT2D eigenvalue weighted by atomic mass is 9.79. The summed E-state index contributed by atoms with van der Waals surface area (Å²) in [7, 11) is 0. The molecule has 0 atom stereocenters. The lowest BCUT2D eigenvalue weighted by molar-refractivity contribution is -0.138. The standard InChI is InChI=1S/C39H44O10.C22H23NO3.C13H16O2/c1-4-36(40)46-26-12-8-6-10-24-44-32-18-14-30(15-19-32)38(42)48-34-22-23-35(29(3)28-34)49-39(43)31-16-20-33(21-17-31)45-25-11-7-9-13-27-47-37(41)5-2;1-2-22(24)26-16-6-4-3-5-15-25-21-13-11-20(12-14-21)19-9-7-18(17-23)8-10-19;14-12(11-7-3-1-4-8-11)13(15)9-5-2-6-10-13/h4-5,14-23,28H,1-2,6-13,24-27H2,3H3;2,7-14H,1,3-6,15-16H2;1,3-4,7-8,15H,2,5-6,9-10H2. The number of unbranched alkanes of at least 4 members (excludes halogenated alkanes) is 9. The van der Waals surface area contributed by atoms with Gasteiger partial charge in [-0.3, -0.25) is 4.79 Å². The van der Waals surface area contributed by atoms with E-state index in [9.17, 15) is 33.9 Å². The molecule has 1 saturated carbocycles. The molecule has 0 radical (unpaired) electrons. The number of ether oxygens (including phenoxy) is 8. The number of Topliss-reactive ketones (excluding diaryl/α,β-unsaturated/α-hetero) is 1. The second-order valence-corrected chi connectivity index (χ2v) is 21.2. The Kier molecular flexibility index (Phi) is 32.3. The van der Waals surface area contributed by atoms with Gasteiger partial charge in [0.2, 0.25) is 0 Å². The lowest BCUT2D eigenvalue weighted by Gasteiger charge is -2.30. The molecule has 0 aliphatic heterocycles. The number of aryl methyl sites for hydroxylation is 1. The van der Waals surface area contributed by atoms with Crippen LogP contribution in [0.25, 0.3) is 11.1 Å². The van der Waals surface area contributed by atoms with Gasteiger partial charge in [-0.1, -0.05) is 93.6 Å². The van der Waals surface area contributed by atoms with Crippen LogP contribution in [0.1, 0.15) is 151 Å². The van der Waals surface area contributed by atoms with Gasteiger partial charge in [-0.25, -0.2) is 24.0 Å². The molecule has 0 aromatic heterocycles. The van der Waals surface area contributed by atoms with Crippen LogP contribution in [-0.2, 0) is 28.6 Å². The predicted molar refractivity (Wildman–Crippen MR) is 345 cm³/mol. The molecule has 16 nitrogen and oxygen atoms in total. The Morgan fingerprint density at radius 1 is 0.456 bits per heavy atom. The first kappa shape index (κ1) is 71.2. The molecular formula is C74H83NO15. The minimum absolute atomic E-state index is 0.109. The zero-order valence-electron chi connectivity index (χ0n) is 51.6. The van der Waals surface area contributed by atoms with Crippen LogP contribution in [0.4, 0.5) is 0 Å². The van der Waals surface area contributed by atoms with Crippen molar-refractivity contribution >= 4 is 35.6 Å². The molecule has 1 aliphatic carbocycles. The molecule has 0 spiro atoms. The van der Waals surface area contributed by atoms with Gasteiger partial charge in [0, 0.05) is 23.8 Å². The summed E-state index contributed by atoms with van der Waals surface area (Å²) < 4.78 is 43.2. The quantitative estimate of drug-likeness (QED) is 0.00991. The van der Waals surface area contributed by atoms with Crippen LogP contribution in [0, 0.1) is 18.3 Å². The van der Waals surface area contributed by atoms with Crippen LogP contribution < -0.4 is 23.7 Å². The van der Waals surface area contributed by atoms with Crippen molar-refractivity contribution in [2.24, 2.45) is 0 Å². The lowest BCUT2D eigenvalue weighted by Crippen LogP contribution is -2.40. The largest absolute Gasteiger partial charge is 0.494 e. The van der Waals surface area contributed by atoms with Crippen molar-refractivity contribution < 1.29 is 71.8 Å². The maximum Gasteiger partial charge on any atom is 0.343 e. The van der Waals surface area contributed by atoms with Gasteiger partial charge in [-0.2, -0.15) is 5.26 Å². The van der Waals surface area contributed by atoms with Crippen LogP contribution in [-0.4, -0.2) is 86.0 Å². The molecule has 0 amide bonds. The van der Waals surface area contributed by atoms with Crippen molar-refractivity contribution in [2.75, 3.05) is 39.6 Å². The van der Waals surface area contributed by atoms with E-state index in [-0.39, 0.29) is 11.8 Å². The van der Waals surface area contributed by atoms with Crippen molar-refractivity contribution in [1.29, 1.82) is 5.26 Å². The summed E-state index contributed by atoms with van der Waals surface area (Å²) in [5.74, 6) is 0.481. The normalized spacial score (nSPS) is 11.8. The maximum atomic E-state index is 12.8. The Labute approximate surface area is 529 Å². The fourth-order valence-corrected chi connectivity index (χ4v) is 9.14. The molecule has 6 aromatic rings. The van der Waals surface area contributed by atoms with Gasteiger partial charge >= 0.3 is 29.8 Å². The van der Waals surface area contributed by atoms with Crippen molar-refractivity contribution in [3.63, 3.8) is 0 Å². The Hall–Kier alpha value is -9.59. The number of hydrogen-bond donors (Lipinski definition) is 1. The van der Waals surface area contributed by atoms with E-state index in [1.165, 1.54) is 6.08 Å². The number of aliphatic hydroxyl groups is 1. The molecule has 7 rings (SSSR count). The summed E-state index contributed by atoms with van der Waals surface area (Å²) in [6.07, 6.45) is 18.6. The molecule has 0 heterocycles. The minimum Gasteiger partial charge on any atom is -0.494 e. The van der Waals surface area contributed by atoms with Crippen molar-refractivity contribution in [2.45, 2.75) is 122 Å². The van der Waals surface area contributed by atoms with Gasteiger partial charge in [-0.05, 0) is 205 Å². The Balaban J connectivity index is 0.000000294. The van der Waals surface area contributed by atoms with Gasteiger partial charge in [-0.15, -0.1) is 0 Å². The molecule has 1 N–H and O–H groups in total. The summed E-state index contributed by atoms with van der Waals surface area (Å²) in [5, 5.41) is 19.1. The highest BCUT2D eigenvalue weighted by atomic mass is 16.6. The summed E-state index contributed by atoms with van der Waals surface area (Å²) in [5.41, 5.74) is 3.72. The fraction of sp³-hybridized carbons (Fsp3) is 0.338. The van der Waals surface area contributed by atoms with Gasteiger partial charge in [0.05, 0.1) is 62.4 Å². The number of esters is 5. The van der Waals surface area contributed by atoms with Crippen molar-refractivity contribution in [3.05, 3.63) is 211 Å². The molecule has 0 unspecified atom stereocenters. The maximum absolute atomic E-state index is 12.8.